The van der Waals surface area contributed by atoms with Crippen LogP contribution in [0.3, 0.4) is 0 Å². The Balaban J connectivity index is 1.11. The van der Waals surface area contributed by atoms with E-state index in [1.54, 1.807) is 0 Å². The Morgan fingerprint density at radius 3 is 2.64 bits per heavy atom. The third kappa shape index (κ3) is 4.88. The summed E-state index contributed by atoms with van der Waals surface area (Å²) in [6.07, 6.45) is 8.54. The molecule has 1 aromatic carbocycles. The smallest absolute Gasteiger partial charge is 0.258 e. The van der Waals surface area contributed by atoms with E-state index in [1.165, 1.54) is 36.8 Å². The van der Waals surface area contributed by atoms with Crippen molar-refractivity contribution in [2.45, 2.75) is 63.5 Å². The Hall–Kier alpha value is -2.15. The maximum absolute atomic E-state index is 13.5. The molecule has 0 saturated heterocycles. The molecule has 6 unspecified atom stereocenters. The van der Waals surface area contributed by atoms with Gasteiger partial charge in [0.05, 0.1) is 17.5 Å². The van der Waals surface area contributed by atoms with E-state index in [-0.39, 0.29) is 47.2 Å². The molecule has 0 radical (unpaired) electrons. The van der Waals surface area contributed by atoms with Crippen LogP contribution >= 0.6 is 11.6 Å². The lowest BCUT2D eigenvalue weighted by Gasteiger charge is -2.37. The van der Waals surface area contributed by atoms with Gasteiger partial charge in [0.25, 0.3) is 5.91 Å². The summed E-state index contributed by atoms with van der Waals surface area (Å²) in [4.78, 5) is 30.2. The number of carbonyl (C=O) groups excluding carboxylic acids is 2. The highest BCUT2D eigenvalue weighted by Crippen LogP contribution is 2.47. The van der Waals surface area contributed by atoms with E-state index in [2.05, 4.69) is 10.6 Å². The van der Waals surface area contributed by atoms with Gasteiger partial charge in [-0.15, -0.1) is 0 Å². The molecule has 6 nitrogen and oxygen atoms in total. The van der Waals surface area contributed by atoms with Crippen LogP contribution in [0.1, 0.15) is 51.4 Å². The fourth-order valence-corrected chi connectivity index (χ4v) is 6.25. The number of rotatable bonds is 6. The number of hydrogen-bond donors (Lipinski definition) is 2. The van der Waals surface area contributed by atoms with Crippen molar-refractivity contribution < 1.29 is 18.7 Å². The van der Waals surface area contributed by atoms with E-state index in [9.17, 15) is 14.0 Å². The minimum Gasteiger partial charge on any atom is -0.484 e. The topological polar surface area (TPSA) is 79.8 Å². The van der Waals surface area contributed by atoms with Crippen molar-refractivity contribution in [1.82, 2.24) is 10.6 Å². The van der Waals surface area contributed by atoms with Crippen LogP contribution < -0.4 is 15.4 Å². The second-order valence-corrected chi connectivity index (χ2v) is 10.4. The largest absolute Gasteiger partial charge is 0.484 e. The summed E-state index contributed by atoms with van der Waals surface area (Å²) in [6, 6.07) is 4.24. The Morgan fingerprint density at radius 1 is 1.09 bits per heavy atom. The molecule has 4 aliphatic rings. The van der Waals surface area contributed by atoms with E-state index < -0.39 is 5.82 Å². The Morgan fingerprint density at radius 2 is 1.88 bits per heavy atom. The summed E-state index contributed by atoms with van der Waals surface area (Å²) in [5, 5.41) is 6.39. The van der Waals surface area contributed by atoms with Crippen LogP contribution in [-0.4, -0.2) is 42.8 Å². The number of ether oxygens (including phenoxy) is 1. The van der Waals surface area contributed by atoms with E-state index in [1.807, 2.05) is 0 Å². The van der Waals surface area contributed by atoms with Crippen molar-refractivity contribution in [1.29, 1.82) is 0 Å². The number of nitrogens with one attached hydrogen (secondary N) is 2. The van der Waals surface area contributed by atoms with Crippen molar-refractivity contribution in [3.05, 3.63) is 29.0 Å². The van der Waals surface area contributed by atoms with Crippen molar-refractivity contribution in [3.63, 3.8) is 0 Å². The predicted molar refractivity (Wildman–Crippen MR) is 124 cm³/mol. The lowest BCUT2D eigenvalue weighted by molar-refractivity contribution is -0.126. The van der Waals surface area contributed by atoms with E-state index in [0.29, 0.717) is 24.3 Å². The predicted octanol–water partition coefficient (Wildman–Crippen LogP) is 3.91. The Bertz CT molecular complexity index is 955. The maximum atomic E-state index is 13.5. The number of aliphatic imine (C=N–C) groups is 1. The molecule has 1 heterocycles. The quantitative estimate of drug-likeness (QED) is 0.654. The lowest BCUT2D eigenvalue weighted by atomic mass is 9.73. The molecule has 0 spiro atoms. The van der Waals surface area contributed by atoms with E-state index in [4.69, 9.17) is 21.3 Å². The molecule has 3 fully saturated rings. The molecule has 3 saturated carbocycles. The van der Waals surface area contributed by atoms with Gasteiger partial charge in [0.1, 0.15) is 11.6 Å². The first kappa shape index (κ1) is 22.6. The fourth-order valence-electron chi connectivity index (χ4n) is 6.14. The molecule has 6 atom stereocenters. The third-order valence-corrected chi connectivity index (χ3v) is 8.33. The molecule has 5 rings (SSSR count). The zero-order chi connectivity index (χ0) is 22.9. The van der Waals surface area contributed by atoms with Gasteiger partial charge in [0.15, 0.2) is 6.61 Å². The van der Waals surface area contributed by atoms with Gasteiger partial charge in [0, 0.05) is 23.9 Å². The molecule has 3 aliphatic carbocycles. The average Bonchev–Trinajstić information content (AvgIpc) is 3.01. The van der Waals surface area contributed by atoms with Crippen LogP contribution in [0.4, 0.5) is 4.39 Å². The normalized spacial score (nSPS) is 32.6. The minimum absolute atomic E-state index is 0.0149. The van der Waals surface area contributed by atoms with Crippen LogP contribution in [0, 0.1) is 29.5 Å². The first-order chi connectivity index (χ1) is 16.0. The van der Waals surface area contributed by atoms with E-state index in [0.717, 1.165) is 38.5 Å². The summed E-state index contributed by atoms with van der Waals surface area (Å²) in [5.74, 6) is 0.843. The first-order valence-electron chi connectivity index (χ1n) is 12.2. The minimum atomic E-state index is -0.579. The Kier molecular flexibility index (Phi) is 6.59. The Labute approximate surface area is 198 Å². The van der Waals surface area contributed by atoms with Gasteiger partial charge in [-0.05, 0) is 74.8 Å². The van der Waals surface area contributed by atoms with Gasteiger partial charge < -0.3 is 15.4 Å². The van der Waals surface area contributed by atoms with Gasteiger partial charge in [-0.3, -0.25) is 14.6 Å². The van der Waals surface area contributed by atoms with Crippen LogP contribution in [0.25, 0.3) is 0 Å². The summed E-state index contributed by atoms with van der Waals surface area (Å²) in [6.45, 7) is 0.428. The highest BCUT2D eigenvalue weighted by Gasteiger charge is 2.49. The van der Waals surface area contributed by atoms with E-state index >= 15 is 0 Å². The van der Waals surface area contributed by atoms with Crippen LogP contribution in [0.2, 0.25) is 5.02 Å². The lowest BCUT2D eigenvalue weighted by Crippen LogP contribution is -2.46. The SMILES string of the molecule is O=C(COc1ccc(Cl)c(F)c1)NC1CC(NC(=O)C2CN=C3CCCCC3C2)C2CCC12. The molecule has 0 bridgehead atoms. The highest BCUT2D eigenvalue weighted by atomic mass is 35.5. The van der Waals surface area contributed by atoms with Gasteiger partial charge >= 0.3 is 0 Å². The second kappa shape index (κ2) is 9.61. The molecular formula is C25H31ClFN3O3. The number of carbonyl (C=O) groups is 2. The third-order valence-electron chi connectivity index (χ3n) is 8.02. The maximum Gasteiger partial charge on any atom is 0.258 e. The first-order valence-corrected chi connectivity index (χ1v) is 12.6. The molecule has 2 N–H and O–H groups in total. The number of amides is 2. The van der Waals surface area contributed by atoms with Gasteiger partial charge in [-0.1, -0.05) is 18.0 Å². The molecule has 8 heteroatoms. The van der Waals surface area contributed by atoms with Crippen LogP contribution in [0.5, 0.6) is 5.75 Å². The average molecular weight is 476 g/mol. The summed E-state index contributed by atoms with van der Waals surface area (Å²) < 4.78 is 19.0. The summed E-state index contributed by atoms with van der Waals surface area (Å²) in [5.41, 5.74) is 1.33. The van der Waals surface area contributed by atoms with Crippen molar-refractivity contribution in [3.8, 4) is 5.75 Å². The van der Waals surface area contributed by atoms with Crippen molar-refractivity contribution in [2.24, 2.45) is 28.7 Å². The number of halogens is 2. The highest BCUT2D eigenvalue weighted by molar-refractivity contribution is 6.30. The number of hydrogen-bond acceptors (Lipinski definition) is 4. The number of benzene rings is 1. The zero-order valence-corrected chi connectivity index (χ0v) is 19.5. The number of nitrogens with zero attached hydrogens (tertiary/aromatic N) is 1. The molecule has 0 aromatic heterocycles. The molecular weight excluding hydrogens is 445 g/mol. The van der Waals surface area contributed by atoms with Gasteiger partial charge in [-0.25, -0.2) is 4.39 Å². The van der Waals surface area contributed by atoms with Crippen molar-refractivity contribution in [2.75, 3.05) is 13.2 Å². The molecule has 2 amide bonds. The molecule has 178 valence electrons. The monoisotopic (exact) mass is 475 g/mol. The molecule has 1 aromatic rings. The fraction of sp³-hybridized carbons (Fsp3) is 0.640. The van der Waals surface area contributed by atoms with Crippen LogP contribution in [0.15, 0.2) is 23.2 Å². The van der Waals surface area contributed by atoms with Crippen LogP contribution in [-0.2, 0) is 9.59 Å². The summed E-state index contributed by atoms with van der Waals surface area (Å²) in [7, 11) is 0. The zero-order valence-electron chi connectivity index (χ0n) is 18.7. The van der Waals surface area contributed by atoms with Gasteiger partial charge in [0.2, 0.25) is 5.91 Å². The van der Waals surface area contributed by atoms with Crippen molar-refractivity contribution >= 4 is 29.1 Å². The van der Waals surface area contributed by atoms with Gasteiger partial charge in [-0.2, -0.15) is 0 Å². The molecule has 1 aliphatic heterocycles. The second-order valence-electron chi connectivity index (χ2n) is 10.0. The number of fused-ring (bicyclic) bond motifs is 2. The summed E-state index contributed by atoms with van der Waals surface area (Å²) >= 11 is 5.68. The molecule has 33 heavy (non-hydrogen) atoms. The standard InChI is InChI=1S/C25H31ClFN3O3/c26-19-8-5-16(10-20(19)27)33-13-24(31)29-22-11-23(18-7-6-17(18)22)30-25(32)15-9-14-3-1-2-4-21(14)28-12-15/h5,8,10,14-15,17-18,22-23H,1-4,6-7,9,11-13H2,(H,29,31)(H,30,32).